The van der Waals surface area contributed by atoms with Crippen molar-refractivity contribution in [2.75, 3.05) is 19.7 Å². The molecule has 2 aliphatic rings. The van der Waals surface area contributed by atoms with E-state index in [4.69, 9.17) is 4.74 Å². The van der Waals surface area contributed by atoms with E-state index in [2.05, 4.69) is 10.6 Å². The van der Waals surface area contributed by atoms with Crippen LogP contribution < -0.4 is 15.4 Å². The Morgan fingerprint density at radius 2 is 2.12 bits per heavy atom. The molecule has 1 aliphatic heterocycles. The van der Waals surface area contributed by atoms with Gasteiger partial charge in [-0.3, -0.25) is 4.79 Å². The smallest absolute Gasteiger partial charge is 0.272 e. The molecule has 2 fully saturated rings. The molecule has 7 heteroatoms. The Hall–Kier alpha value is -1.40. The van der Waals surface area contributed by atoms with Gasteiger partial charge in [0.25, 0.3) is 6.43 Å². The molecular formula is C17H23ClF2N2O2. The Balaban J connectivity index is 0.00000208. The van der Waals surface area contributed by atoms with Gasteiger partial charge in [-0.25, -0.2) is 8.78 Å². The normalized spacial score (nSPS) is 21.2. The average molecular weight is 361 g/mol. The highest BCUT2D eigenvalue weighted by Gasteiger charge is 2.57. The number of nitrogens with one attached hydrogen (secondary N) is 2. The van der Waals surface area contributed by atoms with Gasteiger partial charge in [0.05, 0.1) is 0 Å². The van der Waals surface area contributed by atoms with E-state index in [0.29, 0.717) is 12.3 Å². The van der Waals surface area contributed by atoms with Gasteiger partial charge in [-0.2, -0.15) is 0 Å². The molecule has 4 nitrogen and oxygen atoms in total. The van der Waals surface area contributed by atoms with Crippen molar-refractivity contribution in [3.8, 4) is 5.75 Å². The summed E-state index contributed by atoms with van der Waals surface area (Å²) in [6.45, 7) is 1.77. The molecule has 134 valence electrons. The van der Waals surface area contributed by atoms with Crippen molar-refractivity contribution in [2.24, 2.45) is 11.3 Å². The van der Waals surface area contributed by atoms with Crippen molar-refractivity contribution < 1.29 is 18.3 Å². The van der Waals surface area contributed by atoms with Gasteiger partial charge >= 0.3 is 0 Å². The van der Waals surface area contributed by atoms with Crippen LogP contribution in [0.15, 0.2) is 24.3 Å². The second kappa shape index (κ2) is 8.12. The number of amides is 1. The third-order valence-corrected chi connectivity index (χ3v) is 4.85. The van der Waals surface area contributed by atoms with Crippen molar-refractivity contribution in [1.29, 1.82) is 0 Å². The highest BCUT2D eigenvalue weighted by molar-refractivity contribution is 5.85. The summed E-state index contributed by atoms with van der Waals surface area (Å²) < 4.78 is 29.3. The maximum atomic E-state index is 12.3. The van der Waals surface area contributed by atoms with Crippen molar-refractivity contribution in [1.82, 2.24) is 10.6 Å². The van der Waals surface area contributed by atoms with Gasteiger partial charge in [-0.05, 0) is 55.5 Å². The monoisotopic (exact) mass is 360 g/mol. The number of halogens is 3. The number of carbonyl (C=O) groups excluding carboxylic acids is 1. The van der Waals surface area contributed by atoms with Crippen LogP contribution in [-0.4, -0.2) is 32.0 Å². The number of hydrogen-bond acceptors (Lipinski definition) is 3. The molecule has 1 heterocycles. The van der Waals surface area contributed by atoms with Crippen LogP contribution in [0.2, 0.25) is 0 Å². The van der Waals surface area contributed by atoms with Crippen molar-refractivity contribution >= 4 is 18.3 Å². The highest BCUT2D eigenvalue weighted by atomic mass is 35.5. The highest BCUT2D eigenvalue weighted by Crippen LogP contribution is 2.58. The van der Waals surface area contributed by atoms with Gasteiger partial charge in [0.2, 0.25) is 5.91 Å². The molecule has 3 rings (SSSR count). The lowest BCUT2D eigenvalue weighted by molar-refractivity contribution is -0.123. The summed E-state index contributed by atoms with van der Waals surface area (Å²) in [6.07, 6.45) is 0.636. The Morgan fingerprint density at radius 1 is 1.38 bits per heavy atom. The number of hydrogen-bond donors (Lipinski definition) is 2. The van der Waals surface area contributed by atoms with Crippen LogP contribution in [0, 0.1) is 11.3 Å². The van der Waals surface area contributed by atoms with Gasteiger partial charge in [0.15, 0.2) is 0 Å². The van der Waals surface area contributed by atoms with Crippen molar-refractivity contribution in [2.45, 2.75) is 32.2 Å². The maximum Gasteiger partial charge on any atom is 0.272 e. The predicted molar refractivity (Wildman–Crippen MR) is 89.7 cm³/mol. The Bertz CT molecular complexity index is 565. The molecule has 0 aromatic heterocycles. The maximum absolute atomic E-state index is 12.3. The van der Waals surface area contributed by atoms with E-state index in [1.807, 2.05) is 6.07 Å². The summed E-state index contributed by atoms with van der Waals surface area (Å²) in [5.74, 6) is 0.631. The van der Waals surface area contributed by atoms with Gasteiger partial charge in [0.1, 0.15) is 12.4 Å². The summed E-state index contributed by atoms with van der Waals surface area (Å²) in [5, 5.41) is 6.29. The minimum atomic E-state index is -2.49. The second-order valence-electron chi connectivity index (χ2n) is 6.44. The average Bonchev–Trinajstić information content (AvgIpc) is 3.25. The first kappa shape index (κ1) is 18.9. The Kier molecular flexibility index (Phi) is 6.40. The number of benzene rings is 1. The summed E-state index contributed by atoms with van der Waals surface area (Å²) >= 11 is 0. The van der Waals surface area contributed by atoms with E-state index in [1.165, 1.54) is 0 Å². The molecular weight excluding hydrogens is 338 g/mol. The summed E-state index contributed by atoms with van der Waals surface area (Å²) in [5.41, 5.74) is 1.07. The SMILES string of the molecule is Cl.O=C(NCc1cccc(OCC(F)F)c1)C1CC12CCNCC2. The number of carbonyl (C=O) groups is 1. The fourth-order valence-electron chi connectivity index (χ4n) is 3.41. The summed E-state index contributed by atoms with van der Waals surface area (Å²) in [4.78, 5) is 12.3. The van der Waals surface area contributed by atoms with E-state index in [1.54, 1.807) is 18.2 Å². The molecule has 1 aliphatic carbocycles. The lowest BCUT2D eigenvalue weighted by Gasteiger charge is -2.23. The van der Waals surface area contributed by atoms with E-state index >= 15 is 0 Å². The van der Waals surface area contributed by atoms with E-state index in [9.17, 15) is 13.6 Å². The molecule has 0 bridgehead atoms. The third-order valence-electron chi connectivity index (χ3n) is 4.85. The van der Waals surface area contributed by atoms with E-state index in [0.717, 1.165) is 37.9 Å². The Labute approximate surface area is 146 Å². The molecule has 1 spiro atoms. The lowest BCUT2D eigenvalue weighted by Crippen LogP contribution is -2.33. The van der Waals surface area contributed by atoms with Crippen LogP contribution in [0.3, 0.4) is 0 Å². The van der Waals surface area contributed by atoms with Crippen LogP contribution in [0.5, 0.6) is 5.75 Å². The lowest BCUT2D eigenvalue weighted by atomic mass is 9.92. The molecule has 2 N–H and O–H groups in total. The van der Waals surface area contributed by atoms with Gasteiger partial charge in [-0.1, -0.05) is 12.1 Å². The van der Waals surface area contributed by atoms with Gasteiger partial charge in [0, 0.05) is 12.5 Å². The number of ether oxygens (including phenoxy) is 1. The second-order valence-corrected chi connectivity index (χ2v) is 6.44. The molecule has 0 radical (unpaired) electrons. The van der Waals surface area contributed by atoms with Gasteiger partial charge in [-0.15, -0.1) is 12.4 Å². The largest absolute Gasteiger partial charge is 0.488 e. The molecule has 1 aromatic rings. The molecule has 1 aromatic carbocycles. The van der Waals surface area contributed by atoms with Crippen LogP contribution >= 0.6 is 12.4 Å². The van der Waals surface area contributed by atoms with E-state index in [-0.39, 0.29) is 29.6 Å². The summed E-state index contributed by atoms with van der Waals surface area (Å²) in [6, 6.07) is 6.92. The quantitative estimate of drug-likeness (QED) is 0.820. The zero-order valence-corrected chi connectivity index (χ0v) is 14.2. The predicted octanol–water partition coefficient (Wildman–Crippen LogP) is 2.76. The Morgan fingerprint density at radius 3 is 2.83 bits per heavy atom. The number of alkyl halides is 2. The number of piperidine rings is 1. The van der Waals surface area contributed by atoms with Gasteiger partial charge < -0.3 is 15.4 Å². The minimum Gasteiger partial charge on any atom is -0.488 e. The van der Waals surface area contributed by atoms with E-state index < -0.39 is 13.0 Å². The first-order valence-electron chi connectivity index (χ1n) is 8.07. The molecule has 1 unspecified atom stereocenters. The topological polar surface area (TPSA) is 50.4 Å². The standard InChI is InChI=1S/C17H22F2N2O2.ClH/c18-15(19)11-23-13-3-1-2-12(8-13)10-21-16(22)14-9-17(14)4-6-20-7-5-17;/h1-3,8,14-15,20H,4-7,9-11H2,(H,21,22);1H. The molecule has 24 heavy (non-hydrogen) atoms. The van der Waals surface area contributed by atoms with Crippen LogP contribution in [-0.2, 0) is 11.3 Å². The third kappa shape index (κ3) is 4.57. The molecule has 1 atom stereocenters. The molecule has 1 saturated heterocycles. The van der Waals surface area contributed by atoms with Crippen LogP contribution in [0.1, 0.15) is 24.8 Å². The van der Waals surface area contributed by atoms with Crippen molar-refractivity contribution in [3.63, 3.8) is 0 Å². The zero-order chi connectivity index (χ0) is 16.3. The molecule has 1 saturated carbocycles. The van der Waals surface area contributed by atoms with Crippen LogP contribution in [0.25, 0.3) is 0 Å². The minimum absolute atomic E-state index is 0. The first-order chi connectivity index (χ1) is 11.1. The first-order valence-corrected chi connectivity index (χ1v) is 8.07. The fourth-order valence-corrected chi connectivity index (χ4v) is 3.41. The summed E-state index contributed by atoms with van der Waals surface area (Å²) in [7, 11) is 0. The zero-order valence-electron chi connectivity index (χ0n) is 13.4. The molecule has 1 amide bonds. The van der Waals surface area contributed by atoms with Crippen molar-refractivity contribution in [3.05, 3.63) is 29.8 Å². The van der Waals surface area contributed by atoms with Crippen LogP contribution in [0.4, 0.5) is 8.78 Å². The fraction of sp³-hybridized carbons (Fsp3) is 0.588. The number of rotatable bonds is 6.